The van der Waals surface area contributed by atoms with Crippen molar-refractivity contribution >= 4 is 22.9 Å². The van der Waals surface area contributed by atoms with E-state index in [2.05, 4.69) is 27.5 Å². The van der Waals surface area contributed by atoms with Crippen molar-refractivity contribution in [1.29, 1.82) is 0 Å². The molecule has 1 N–H and O–H groups in total. The molecule has 27 heavy (non-hydrogen) atoms. The molecule has 1 amide bonds. The van der Waals surface area contributed by atoms with E-state index in [1.54, 1.807) is 28.2 Å². The third-order valence-electron chi connectivity index (χ3n) is 4.51. The molecular formula is C21H20N4OS. The van der Waals surface area contributed by atoms with Gasteiger partial charge in [-0.05, 0) is 42.8 Å². The van der Waals surface area contributed by atoms with E-state index in [1.807, 2.05) is 48.7 Å². The molecule has 0 aliphatic carbocycles. The molecule has 5 nitrogen and oxygen atoms in total. The molecule has 1 unspecified atom stereocenters. The topological polar surface area (TPSA) is 59.3 Å². The fourth-order valence-corrected chi connectivity index (χ4v) is 3.80. The Kier molecular flexibility index (Phi) is 4.98. The Balaban J connectivity index is 1.49. The zero-order chi connectivity index (χ0) is 18.6. The van der Waals surface area contributed by atoms with Crippen LogP contribution >= 0.6 is 11.3 Å². The van der Waals surface area contributed by atoms with Crippen molar-refractivity contribution in [3.8, 4) is 10.6 Å². The number of amides is 1. The van der Waals surface area contributed by atoms with Gasteiger partial charge in [0.05, 0.1) is 16.8 Å². The van der Waals surface area contributed by atoms with E-state index < -0.39 is 0 Å². The van der Waals surface area contributed by atoms with Gasteiger partial charge in [0.25, 0.3) is 5.91 Å². The summed E-state index contributed by atoms with van der Waals surface area (Å²) in [4.78, 5) is 18.2. The molecule has 136 valence electrons. The molecule has 1 aromatic carbocycles. The number of fused-ring (bicyclic) bond motifs is 1. The standard InChI is InChI=1S/C21H20N4OS/c1-15(9-10-16-6-3-2-4-7-16)24-21(26)17-14-23-25-18(11-12-22-20(17)25)19-8-5-13-27-19/h2-8,11-15H,9-10H2,1H3,(H,24,26). The zero-order valence-corrected chi connectivity index (χ0v) is 15.8. The lowest BCUT2D eigenvalue weighted by atomic mass is 10.1. The summed E-state index contributed by atoms with van der Waals surface area (Å²) in [6.07, 6.45) is 5.13. The average molecular weight is 376 g/mol. The molecule has 3 aromatic heterocycles. The van der Waals surface area contributed by atoms with Crippen molar-refractivity contribution in [3.63, 3.8) is 0 Å². The molecule has 1 atom stereocenters. The molecule has 0 saturated carbocycles. The number of hydrogen-bond acceptors (Lipinski definition) is 4. The number of thiophene rings is 1. The molecule has 3 heterocycles. The van der Waals surface area contributed by atoms with Crippen LogP contribution < -0.4 is 5.32 Å². The molecule has 0 spiro atoms. The fraction of sp³-hybridized carbons (Fsp3) is 0.190. The summed E-state index contributed by atoms with van der Waals surface area (Å²) in [7, 11) is 0. The Hall–Kier alpha value is -2.99. The van der Waals surface area contributed by atoms with Crippen LogP contribution in [-0.4, -0.2) is 26.5 Å². The van der Waals surface area contributed by atoms with E-state index in [1.165, 1.54) is 5.56 Å². The predicted molar refractivity (Wildman–Crippen MR) is 108 cm³/mol. The number of nitrogens with one attached hydrogen (secondary N) is 1. The average Bonchev–Trinajstić information content (AvgIpc) is 3.37. The molecule has 0 bridgehead atoms. The van der Waals surface area contributed by atoms with Gasteiger partial charge in [0.15, 0.2) is 5.65 Å². The maximum Gasteiger partial charge on any atom is 0.256 e. The summed E-state index contributed by atoms with van der Waals surface area (Å²) in [5.74, 6) is -0.138. The van der Waals surface area contributed by atoms with Crippen LogP contribution in [0.25, 0.3) is 16.2 Å². The number of aryl methyl sites for hydroxylation is 1. The smallest absolute Gasteiger partial charge is 0.256 e. The van der Waals surface area contributed by atoms with E-state index in [0.717, 1.165) is 23.4 Å². The van der Waals surface area contributed by atoms with Crippen LogP contribution in [0.4, 0.5) is 0 Å². The Labute approximate surface area is 161 Å². The van der Waals surface area contributed by atoms with Crippen LogP contribution in [0.5, 0.6) is 0 Å². The summed E-state index contributed by atoms with van der Waals surface area (Å²) in [5.41, 5.74) is 3.29. The minimum Gasteiger partial charge on any atom is -0.349 e. The first-order valence-electron chi connectivity index (χ1n) is 8.94. The molecule has 0 aliphatic rings. The summed E-state index contributed by atoms with van der Waals surface area (Å²) < 4.78 is 1.73. The van der Waals surface area contributed by atoms with Crippen molar-refractivity contribution in [2.75, 3.05) is 0 Å². The van der Waals surface area contributed by atoms with Crippen LogP contribution in [0.1, 0.15) is 29.3 Å². The van der Waals surface area contributed by atoms with E-state index in [0.29, 0.717) is 11.2 Å². The minimum absolute atomic E-state index is 0.0631. The SMILES string of the molecule is CC(CCc1ccccc1)NC(=O)c1cnn2c(-c3cccs3)ccnc12. The lowest BCUT2D eigenvalue weighted by Gasteiger charge is -2.13. The van der Waals surface area contributed by atoms with Gasteiger partial charge in [-0.2, -0.15) is 5.10 Å². The van der Waals surface area contributed by atoms with Gasteiger partial charge in [-0.15, -0.1) is 11.3 Å². The molecule has 0 radical (unpaired) electrons. The van der Waals surface area contributed by atoms with Crippen molar-refractivity contribution in [2.45, 2.75) is 25.8 Å². The highest BCUT2D eigenvalue weighted by molar-refractivity contribution is 7.13. The van der Waals surface area contributed by atoms with Crippen LogP contribution in [0, 0.1) is 0 Å². The van der Waals surface area contributed by atoms with Gasteiger partial charge in [0.1, 0.15) is 5.56 Å². The number of nitrogens with zero attached hydrogens (tertiary/aromatic N) is 3. The van der Waals surface area contributed by atoms with Gasteiger partial charge in [0.2, 0.25) is 0 Å². The lowest BCUT2D eigenvalue weighted by Crippen LogP contribution is -2.32. The quantitative estimate of drug-likeness (QED) is 0.548. The van der Waals surface area contributed by atoms with Crippen LogP contribution in [0.3, 0.4) is 0 Å². The molecule has 0 aliphatic heterocycles. The van der Waals surface area contributed by atoms with Crippen LogP contribution in [0.15, 0.2) is 66.3 Å². The van der Waals surface area contributed by atoms with Crippen molar-refractivity contribution in [2.24, 2.45) is 0 Å². The zero-order valence-electron chi connectivity index (χ0n) is 15.0. The number of carbonyl (C=O) groups is 1. The number of aromatic nitrogens is 3. The van der Waals surface area contributed by atoms with Crippen LogP contribution in [-0.2, 0) is 6.42 Å². The van der Waals surface area contributed by atoms with E-state index in [-0.39, 0.29) is 11.9 Å². The molecule has 6 heteroatoms. The predicted octanol–water partition coefficient (Wildman–Crippen LogP) is 4.21. The Morgan fingerprint density at radius 3 is 2.81 bits per heavy atom. The van der Waals surface area contributed by atoms with Crippen molar-refractivity contribution < 1.29 is 4.79 Å². The second-order valence-electron chi connectivity index (χ2n) is 6.50. The first-order valence-corrected chi connectivity index (χ1v) is 9.82. The Morgan fingerprint density at radius 2 is 2.04 bits per heavy atom. The maximum atomic E-state index is 12.7. The minimum atomic E-state index is -0.138. The Bertz CT molecular complexity index is 1040. The summed E-state index contributed by atoms with van der Waals surface area (Å²) in [6.45, 7) is 2.02. The monoisotopic (exact) mass is 376 g/mol. The highest BCUT2D eigenvalue weighted by atomic mass is 32.1. The van der Waals surface area contributed by atoms with E-state index in [4.69, 9.17) is 0 Å². The number of carbonyl (C=O) groups excluding carboxylic acids is 1. The largest absolute Gasteiger partial charge is 0.349 e. The van der Waals surface area contributed by atoms with Gasteiger partial charge in [-0.3, -0.25) is 4.79 Å². The van der Waals surface area contributed by atoms with Gasteiger partial charge in [-0.1, -0.05) is 36.4 Å². The van der Waals surface area contributed by atoms with Crippen molar-refractivity contribution in [1.82, 2.24) is 19.9 Å². The van der Waals surface area contributed by atoms with Gasteiger partial charge >= 0.3 is 0 Å². The fourth-order valence-electron chi connectivity index (χ4n) is 3.06. The third-order valence-corrected chi connectivity index (χ3v) is 5.40. The van der Waals surface area contributed by atoms with Crippen molar-refractivity contribution in [3.05, 3.63) is 77.4 Å². The second-order valence-corrected chi connectivity index (χ2v) is 7.45. The molecule has 4 aromatic rings. The highest BCUT2D eigenvalue weighted by Gasteiger charge is 2.18. The number of benzene rings is 1. The molecule has 0 fully saturated rings. The van der Waals surface area contributed by atoms with E-state index in [9.17, 15) is 4.79 Å². The molecule has 0 saturated heterocycles. The molecule has 4 rings (SSSR count). The third kappa shape index (κ3) is 3.75. The first-order chi connectivity index (χ1) is 13.2. The normalized spacial score (nSPS) is 12.2. The maximum absolute atomic E-state index is 12.7. The highest BCUT2D eigenvalue weighted by Crippen LogP contribution is 2.25. The number of hydrogen-bond donors (Lipinski definition) is 1. The second kappa shape index (κ2) is 7.72. The first kappa shape index (κ1) is 17.4. The summed E-state index contributed by atoms with van der Waals surface area (Å²) in [5, 5.41) is 9.49. The Morgan fingerprint density at radius 1 is 1.19 bits per heavy atom. The van der Waals surface area contributed by atoms with E-state index >= 15 is 0 Å². The molecular weight excluding hydrogens is 356 g/mol. The number of rotatable bonds is 6. The summed E-state index contributed by atoms with van der Waals surface area (Å²) >= 11 is 1.63. The van der Waals surface area contributed by atoms with Gasteiger partial charge < -0.3 is 5.32 Å². The lowest BCUT2D eigenvalue weighted by molar-refractivity contribution is 0.0940. The van der Waals surface area contributed by atoms with Gasteiger partial charge in [0, 0.05) is 12.2 Å². The van der Waals surface area contributed by atoms with Crippen LogP contribution in [0.2, 0.25) is 0 Å². The summed E-state index contributed by atoms with van der Waals surface area (Å²) in [6, 6.07) is 16.3. The van der Waals surface area contributed by atoms with Gasteiger partial charge in [-0.25, -0.2) is 9.50 Å².